The van der Waals surface area contributed by atoms with Gasteiger partial charge in [0.15, 0.2) is 0 Å². The molecule has 0 N–H and O–H groups in total. The molecule has 7 heavy (non-hydrogen) atoms. The van der Waals surface area contributed by atoms with E-state index in [2.05, 4.69) is 46.4 Å². The van der Waals surface area contributed by atoms with E-state index < -0.39 is 0 Å². The van der Waals surface area contributed by atoms with Gasteiger partial charge in [-0.25, -0.2) is 0 Å². The molecule has 2 heteroatoms. The van der Waals surface area contributed by atoms with Crippen molar-refractivity contribution < 1.29 is 5.71 Å². The zero-order chi connectivity index (χ0) is 6.12. The molecular formula is C5H19Al2. The maximum Gasteiger partial charge on any atom is 0.117 e. The first-order valence-corrected chi connectivity index (χ1v) is 4.36. The fraction of sp³-hybridized carbons (Fsp3) is 1.00. The number of rotatable bonds is 1. The van der Waals surface area contributed by atoms with E-state index in [0.29, 0.717) is 0 Å². The van der Waals surface area contributed by atoms with E-state index >= 15 is 0 Å². The molecule has 0 aliphatic rings. The van der Waals surface area contributed by atoms with E-state index in [1.165, 1.54) is 17.0 Å². The van der Waals surface area contributed by atoms with Gasteiger partial charge in [-0.1, -0.05) is 6.92 Å². The Hall–Kier alpha value is 1.06. The van der Waals surface area contributed by atoms with Crippen LogP contribution in [0.3, 0.4) is 0 Å². The Morgan fingerprint density at radius 1 is 1.71 bits per heavy atom. The van der Waals surface area contributed by atoms with Crippen LogP contribution in [-0.4, -0.2) is 32.6 Å². The van der Waals surface area contributed by atoms with Crippen molar-refractivity contribution in [3.05, 3.63) is 0 Å². The van der Waals surface area contributed by atoms with Crippen LogP contribution in [0.15, 0.2) is 0 Å². The summed E-state index contributed by atoms with van der Waals surface area (Å²) < 4.78 is 0. The van der Waals surface area contributed by atoms with E-state index in [-0.39, 0.29) is 5.71 Å². The van der Waals surface area contributed by atoms with Gasteiger partial charge >= 0.3 is 34.9 Å². The Morgan fingerprint density at radius 2 is 1.86 bits per heavy atom. The van der Waals surface area contributed by atoms with Gasteiger partial charge in [0.05, 0.1) is 0 Å². The first-order chi connectivity index (χ1) is 3.33. The minimum absolute atomic E-state index is 0. The summed E-state index contributed by atoms with van der Waals surface area (Å²) in [5.41, 5.74) is 0. The van der Waals surface area contributed by atoms with Gasteiger partial charge in [0.25, 0.3) is 0 Å². The third-order valence-corrected chi connectivity index (χ3v) is 0.866. The van der Waals surface area contributed by atoms with E-state index in [0.717, 1.165) is 0 Å². The SMILES string of the molecule is CC[CH2][Al+].C[CH2][Al].[H-].[HH].[HH].[HH]. The van der Waals surface area contributed by atoms with E-state index in [1.807, 2.05) is 0 Å². The second-order valence-electron chi connectivity index (χ2n) is 1.20. The van der Waals surface area contributed by atoms with Crippen molar-refractivity contribution >= 4 is 32.6 Å². The minimum Gasteiger partial charge on any atom is -1.00 e. The molecule has 0 bridgehead atoms. The van der Waals surface area contributed by atoms with Crippen molar-refractivity contribution in [1.82, 2.24) is 0 Å². The Kier molecular flexibility index (Phi) is 24.6. The molecule has 0 saturated carbocycles. The van der Waals surface area contributed by atoms with Crippen LogP contribution in [0.5, 0.6) is 0 Å². The summed E-state index contributed by atoms with van der Waals surface area (Å²) in [6.45, 7) is 4.25. The van der Waals surface area contributed by atoms with Crippen molar-refractivity contribution in [3.63, 3.8) is 0 Å². The zero-order valence-electron chi connectivity index (χ0n) is 6.28. The fourth-order valence-electron chi connectivity index (χ4n) is 0. The van der Waals surface area contributed by atoms with Crippen molar-refractivity contribution in [2.45, 2.75) is 30.8 Å². The Labute approximate surface area is 69.5 Å². The van der Waals surface area contributed by atoms with Crippen molar-refractivity contribution in [2.75, 3.05) is 0 Å². The zero-order valence-corrected chi connectivity index (χ0v) is 7.59. The van der Waals surface area contributed by atoms with Crippen molar-refractivity contribution in [1.29, 1.82) is 0 Å². The molecule has 0 amide bonds. The summed E-state index contributed by atoms with van der Waals surface area (Å²) in [7, 11) is 0. The molecule has 0 aromatic rings. The molecule has 0 heterocycles. The summed E-state index contributed by atoms with van der Waals surface area (Å²) in [6, 6.07) is 0. The van der Waals surface area contributed by atoms with Gasteiger partial charge in [0.1, 0.15) is 16.3 Å². The molecule has 0 rings (SSSR count). The Bertz CT molecular complexity index is 24.0. The van der Waals surface area contributed by atoms with Crippen molar-refractivity contribution in [3.8, 4) is 0 Å². The molecule has 0 aromatic heterocycles. The summed E-state index contributed by atoms with van der Waals surface area (Å²) >= 11 is 5.23. The molecule has 0 aromatic carbocycles. The van der Waals surface area contributed by atoms with Gasteiger partial charge in [-0.3, -0.25) is 0 Å². The normalized spacial score (nSPS) is 6.43. The van der Waals surface area contributed by atoms with Crippen LogP contribution in [0.1, 0.15) is 26.0 Å². The summed E-state index contributed by atoms with van der Waals surface area (Å²) in [6.07, 6.45) is 1.28. The van der Waals surface area contributed by atoms with Crippen molar-refractivity contribution in [2.24, 2.45) is 0 Å². The molecule has 0 atom stereocenters. The summed E-state index contributed by atoms with van der Waals surface area (Å²) in [5, 5.41) is 2.40. The van der Waals surface area contributed by atoms with Gasteiger partial charge in [-0.2, -0.15) is 0 Å². The van der Waals surface area contributed by atoms with Crippen LogP contribution in [-0.2, 0) is 0 Å². The molecule has 0 saturated heterocycles. The number of hydrogen-bond donors (Lipinski definition) is 0. The molecule has 0 nitrogen and oxygen atoms in total. The van der Waals surface area contributed by atoms with Crippen LogP contribution < -0.4 is 0 Å². The van der Waals surface area contributed by atoms with Gasteiger partial charge < -0.3 is 1.43 Å². The fourth-order valence-corrected chi connectivity index (χ4v) is 0. The molecule has 0 aliphatic heterocycles. The molecule has 0 spiro atoms. The topological polar surface area (TPSA) is 0 Å². The molecule has 0 unspecified atom stereocenters. The summed E-state index contributed by atoms with van der Waals surface area (Å²) in [5.74, 6) is 0. The van der Waals surface area contributed by atoms with Crippen LogP contribution in [0, 0.1) is 0 Å². The third kappa shape index (κ3) is 42.5. The number of hydrogen-bond acceptors (Lipinski definition) is 0. The quantitative estimate of drug-likeness (QED) is 0.482. The predicted octanol–water partition coefficient (Wildman–Crippen LogP) is 2.43. The molecule has 45 valence electrons. The smallest absolute Gasteiger partial charge is 0.117 e. The first kappa shape index (κ1) is 10.9. The van der Waals surface area contributed by atoms with Crippen LogP contribution in [0.2, 0.25) is 10.6 Å². The molecule has 3 radical (unpaired) electrons. The maximum absolute atomic E-state index is 2.66. The minimum atomic E-state index is 0. The standard InChI is InChI=1S/C3H7.C2H5.2Al.3H2.H/c1-3-2;1-2;;;;;;/h1,3H2,2H3;1H2,2H3;;;3*1H;/q;;;+1;;;;-1. The van der Waals surface area contributed by atoms with Crippen LogP contribution in [0.25, 0.3) is 0 Å². The third-order valence-electron chi connectivity index (χ3n) is 0.289. The molecule has 0 aliphatic carbocycles. The van der Waals surface area contributed by atoms with Gasteiger partial charge in [-0.15, -0.1) is 5.28 Å². The van der Waals surface area contributed by atoms with E-state index in [1.54, 1.807) is 0 Å². The largest absolute Gasteiger partial charge is 1.00 e. The molecular weight excluding hydrogens is 114 g/mol. The van der Waals surface area contributed by atoms with Gasteiger partial charge in [0, 0.05) is 4.28 Å². The second-order valence-corrected chi connectivity index (χ2v) is 2.59. The molecule has 0 fully saturated rings. The Morgan fingerprint density at radius 3 is 1.86 bits per heavy atom. The predicted molar refractivity (Wildman–Crippen MR) is 44.5 cm³/mol. The summed E-state index contributed by atoms with van der Waals surface area (Å²) in [4.78, 5) is 0. The van der Waals surface area contributed by atoms with Crippen LogP contribution in [0.4, 0.5) is 0 Å². The van der Waals surface area contributed by atoms with E-state index in [9.17, 15) is 0 Å². The monoisotopic (exact) mass is 133 g/mol. The Balaban J connectivity index is -0.00000000848. The first-order valence-electron chi connectivity index (χ1n) is 2.73. The maximum atomic E-state index is 2.66. The van der Waals surface area contributed by atoms with Crippen LogP contribution >= 0.6 is 0 Å². The van der Waals surface area contributed by atoms with Gasteiger partial charge in [-0.05, 0) is 0 Å². The van der Waals surface area contributed by atoms with E-state index in [4.69, 9.17) is 0 Å². The average molecular weight is 133 g/mol. The average Bonchev–Trinajstić information content (AvgIpc) is 1.69. The second kappa shape index (κ2) is 15.7. The van der Waals surface area contributed by atoms with Gasteiger partial charge in [0.2, 0.25) is 0 Å².